The third-order valence-corrected chi connectivity index (χ3v) is 1.34. The number of hydrogen-bond donors (Lipinski definition) is 2. The van der Waals surface area contributed by atoms with E-state index in [0.29, 0.717) is 9.20 Å². The van der Waals surface area contributed by atoms with E-state index in [1.165, 1.54) is 12.3 Å². The molecule has 0 radical (unpaired) electrons. The average molecular weight is 191 g/mol. The zero-order chi connectivity index (χ0) is 6.85. The van der Waals surface area contributed by atoms with Crippen molar-refractivity contribution in [2.75, 3.05) is 0 Å². The van der Waals surface area contributed by atoms with Crippen molar-refractivity contribution < 1.29 is 15.0 Å². The van der Waals surface area contributed by atoms with Crippen molar-refractivity contribution >= 4 is 15.9 Å². The van der Waals surface area contributed by atoms with Gasteiger partial charge >= 0.3 is 5.88 Å². The van der Waals surface area contributed by atoms with Gasteiger partial charge in [-0.3, -0.25) is 5.21 Å². The van der Waals surface area contributed by atoms with Gasteiger partial charge in [0.15, 0.2) is 0 Å². The van der Waals surface area contributed by atoms with Gasteiger partial charge in [0, 0.05) is 4.73 Å². The maximum atomic E-state index is 8.74. The van der Waals surface area contributed by atoms with Crippen LogP contribution in [0.1, 0.15) is 0 Å². The van der Waals surface area contributed by atoms with Crippen LogP contribution in [0.15, 0.2) is 22.8 Å². The van der Waals surface area contributed by atoms with Crippen LogP contribution < -0.4 is 4.73 Å². The highest BCUT2D eigenvalue weighted by Gasteiger charge is 2.05. The van der Waals surface area contributed by atoms with Crippen molar-refractivity contribution in [2.45, 2.75) is 0 Å². The van der Waals surface area contributed by atoms with Gasteiger partial charge in [0.05, 0.1) is 10.5 Å². The summed E-state index contributed by atoms with van der Waals surface area (Å²) in [7, 11) is 0. The summed E-state index contributed by atoms with van der Waals surface area (Å²) in [5.74, 6) is -0.182. The van der Waals surface area contributed by atoms with E-state index in [9.17, 15) is 0 Å². The Morgan fingerprint density at radius 1 is 1.44 bits per heavy atom. The summed E-state index contributed by atoms with van der Waals surface area (Å²) >= 11 is 3.10. The van der Waals surface area contributed by atoms with E-state index >= 15 is 0 Å². The highest BCUT2D eigenvalue weighted by molar-refractivity contribution is 9.10. The summed E-state index contributed by atoms with van der Waals surface area (Å²) in [6, 6.07) is 3.01. The second kappa shape index (κ2) is 2.23. The summed E-state index contributed by atoms with van der Waals surface area (Å²) in [5.41, 5.74) is 0. The molecule has 0 aliphatic rings. The molecule has 0 bridgehead atoms. The smallest absolute Gasteiger partial charge is 0.414 e. The first-order valence-electron chi connectivity index (χ1n) is 2.29. The Balaban J connectivity index is 3.17. The summed E-state index contributed by atoms with van der Waals surface area (Å²) in [4.78, 5) is 0. The van der Waals surface area contributed by atoms with Crippen LogP contribution in [0.2, 0.25) is 0 Å². The van der Waals surface area contributed by atoms with Crippen LogP contribution in [0.3, 0.4) is 0 Å². The van der Waals surface area contributed by atoms with E-state index in [1.807, 2.05) is 0 Å². The fourth-order valence-corrected chi connectivity index (χ4v) is 0.783. The number of halogens is 1. The quantitative estimate of drug-likeness (QED) is 0.467. The molecule has 1 aromatic rings. The van der Waals surface area contributed by atoms with E-state index in [-0.39, 0.29) is 5.88 Å². The van der Waals surface area contributed by atoms with Gasteiger partial charge in [-0.15, -0.1) is 0 Å². The lowest BCUT2D eigenvalue weighted by atomic mass is 10.5. The number of aromatic nitrogens is 1. The molecular weight excluding hydrogens is 186 g/mol. The Hall–Kier alpha value is -0.770. The zero-order valence-electron chi connectivity index (χ0n) is 4.45. The van der Waals surface area contributed by atoms with Crippen molar-refractivity contribution in [3.8, 4) is 5.88 Å². The molecule has 0 aliphatic carbocycles. The largest absolute Gasteiger partial charge is 0.457 e. The van der Waals surface area contributed by atoms with Crippen LogP contribution in [0.5, 0.6) is 5.88 Å². The molecule has 2 N–H and O–H groups in total. The Morgan fingerprint density at radius 3 is 2.56 bits per heavy atom. The minimum atomic E-state index is -0.182. The lowest BCUT2D eigenvalue weighted by molar-refractivity contribution is -0.907. The number of hydrogen-bond acceptors (Lipinski definition) is 2. The molecular formula is C5H5BrNO2+. The maximum Gasteiger partial charge on any atom is 0.414 e. The lowest BCUT2D eigenvalue weighted by Crippen LogP contribution is -2.28. The number of rotatable bonds is 0. The molecule has 1 heterocycles. The SMILES string of the molecule is Oc1ccc(Br)c[n+]1O. The van der Waals surface area contributed by atoms with Gasteiger partial charge in [-0.05, 0) is 22.0 Å². The molecule has 0 atom stereocenters. The molecule has 0 amide bonds. The first kappa shape index (κ1) is 6.35. The van der Waals surface area contributed by atoms with Gasteiger partial charge in [0.25, 0.3) is 0 Å². The third-order valence-electron chi connectivity index (χ3n) is 0.872. The predicted molar refractivity (Wildman–Crippen MR) is 33.2 cm³/mol. The van der Waals surface area contributed by atoms with Crippen molar-refractivity contribution in [1.29, 1.82) is 0 Å². The van der Waals surface area contributed by atoms with Crippen molar-refractivity contribution in [1.82, 2.24) is 0 Å². The molecule has 0 aliphatic heterocycles. The molecule has 0 saturated carbocycles. The Kier molecular flexibility index (Phi) is 1.57. The highest BCUT2D eigenvalue weighted by atomic mass is 79.9. The molecule has 0 saturated heterocycles. The van der Waals surface area contributed by atoms with E-state index in [1.54, 1.807) is 6.07 Å². The third kappa shape index (κ3) is 1.32. The van der Waals surface area contributed by atoms with Gasteiger partial charge in [-0.2, -0.15) is 0 Å². The van der Waals surface area contributed by atoms with Crippen molar-refractivity contribution in [3.05, 3.63) is 22.8 Å². The van der Waals surface area contributed by atoms with Gasteiger partial charge in [-0.1, -0.05) is 0 Å². The average Bonchev–Trinajstić information content (AvgIpc) is 1.80. The Morgan fingerprint density at radius 2 is 2.11 bits per heavy atom. The topological polar surface area (TPSA) is 44.3 Å². The Bertz CT molecular complexity index is 226. The van der Waals surface area contributed by atoms with Crippen LogP contribution in [0, 0.1) is 0 Å². The molecule has 0 unspecified atom stereocenters. The summed E-state index contributed by atoms with van der Waals surface area (Å²) in [6.45, 7) is 0. The first-order valence-corrected chi connectivity index (χ1v) is 3.09. The molecule has 48 valence electrons. The van der Waals surface area contributed by atoms with Crippen molar-refractivity contribution in [3.63, 3.8) is 0 Å². The summed E-state index contributed by atoms with van der Waals surface area (Å²) in [5, 5.41) is 17.5. The summed E-state index contributed by atoms with van der Waals surface area (Å²) < 4.78 is 1.34. The van der Waals surface area contributed by atoms with Crippen LogP contribution in [-0.2, 0) is 0 Å². The normalized spacial score (nSPS) is 9.44. The van der Waals surface area contributed by atoms with E-state index in [2.05, 4.69) is 15.9 Å². The zero-order valence-corrected chi connectivity index (χ0v) is 6.04. The fraction of sp³-hybridized carbons (Fsp3) is 0. The first-order chi connectivity index (χ1) is 4.20. The van der Waals surface area contributed by atoms with E-state index < -0.39 is 0 Å². The molecule has 3 nitrogen and oxygen atoms in total. The van der Waals surface area contributed by atoms with Gasteiger partial charge < -0.3 is 5.11 Å². The van der Waals surface area contributed by atoms with Crippen LogP contribution in [-0.4, -0.2) is 10.3 Å². The standard InChI is InChI=1S/C5H4BrNO2/c6-4-1-2-5(8)7(9)3-4/h1-3,9H/p+1. The fourth-order valence-electron chi connectivity index (χ4n) is 0.457. The lowest BCUT2D eigenvalue weighted by Gasteiger charge is -1.85. The molecule has 4 heteroatoms. The number of nitrogens with zero attached hydrogens (tertiary/aromatic N) is 1. The second-order valence-corrected chi connectivity index (χ2v) is 2.47. The molecule has 9 heavy (non-hydrogen) atoms. The molecule has 1 rings (SSSR count). The number of aromatic hydroxyl groups is 1. The second-order valence-electron chi connectivity index (χ2n) is 1.55. The maximum absolute atomic E-state index is 8.74. The van der Waals surface area contributed by atoms with Crippen LogP contribution >= 0.6 is 15.9 Å². The van der Waals surface area contributed by atoms with E-state index in [0.717, 1.165) is 0 Å². The number of pyridine rings is 1. The molecule has 0 fully saturated rings. The van der Waals surface area contributed by atoms with Crippen molar-refractivity contribution in [2.24, 2.45) is 0 Å². The molecule has 0 spiro atoms. The van der Waals surface area contributed by atoms with Gasteiger partial charge in [0.1, 0.15) is 0 Å². The Labute approximate surface area is 60.3 Å². The van der Waals surface area contributed by atoms with E-state index in [4.69, 9.17) is 10.3 Å². The minimum absolute atomic E-state index is 0.182. The van der Waals surface area contributed by atoms with Crippen LogP contribution in [0.4, 0.5) is 0 Å². The highest BCUT2D eigenvalue weighted by Crippen LogP contribution is 2.07. The molecule has 1 aromatic heterocycles. The predicted octanol–water partition coefficient (Wildman–Crippen LogP) is 0.679. The van der Waals surface area contributed by atoms with Gasteiger partial charge in [-0.25, -0.2) is 0 Å². The minimum Gasteiger partial charge on any atom is -0.457 e. The van der Waals surface area contributed by atoms with Crippen LogP contribution in [0.25, 0.3) is 0 Å². The van der Waals surface area contributed by atoms with Gasteiger partial charge in [0.2, 0.25) is 6.20 Å². The summed E-state index contributed by atoms with van der Waals surface area (Å²) in [6.07, 6.45) is 1.34. The molecule has 0 aromatic carbocycles. The monoisotopic (exact) mass is 190 g/mol.